The molecule has 0 saturated carbocycles. The van der Waals surface area contributed by atoms with Crippen molar-refractivity contribution in [2.24, 2.45) is 5.41 Å². The van der Waals surface area contributed by atoms with Crippen molar-refractivity contribution in [1.82, 2.24) is 4.90 Å². The molecule has 1 heterocycles. The van der Waals surface area contributed by atoms with E-state index in [2.05, 4.69) is 6.58 Å². The average molecular weight is 204 g/mol. The number of nitrogens with zero attached hydrogens (tertiary/aromatic N) is 1. The van der Waals surface area contributed by atoms with Crippen molar-refractivity contribution in [1.29, 1.82) is 0 Å². The van der Waals surface area contributed by atoms with Crippen LogP contribution in [0.1, 0.15) is 13.3 Å². The van der Waals surface area contributed by atoms with Gasteiger partial charge >= 0.3 is 0 Å². The molecule has 1 saturated heterocycles. The number of carbonyl (C=O) groups is 1. The fourth-order valence-electron chi connectivity index (χ4n) is 1.50. The topological polar surface area (TPSA) is 40.5 Å². The molecule has 13 heavy (non-hydrogen) atoms. The van der Waals surface area contributed by atoms with Crippen molar-refractivity contribution < 1.29 is 9.90 Å². The maximum atomic E-state index is 11.4. The Balaban J connectivity index is 2.60. The van der Waals surface area contributed by atoms with Gasteiger partial charge < -0.3 is 10.0 Å². The van der Waals surface area contributed by atoms with Crippen molar-refractivity contribution >= 4 is 17.5 Å². The number of rotatable bonds is 2. The second kappa shape index (κ2) is 3.68. The van der Waals surface area contributed by atoms with Crippen LogP contribution in [-0.2, 0) is 4.79 Å². The molecule has 0 bridgehead atoms. The van der Waals surface area contributed by atoms with Crippen LogP contribution in [0.5, 0.6) is 0 Å². The Morgan fingerprint density at radius 1 is 1.77 bits per heavy atom. The zero-order valence-corrected chi connectivity index (χ0v) is 8.47. The highest BCUT2D eigenvalue weighted by Crippen LogP contribution is 2.29. The summed E-state index contributed by atoms with van der Waals surface area (Å²) in [6, 6.07) is 0. The smallest absolute Gasteiger partial charge is 0.264 e. The Kier molecular flexibility index (Phi) is 2.98. The molecule has 0 aromatic carbocycles. The van der Waals surface area contributed by atoms with Crippen LogP contribution in [0.3, 0.4) is 0 Å². The first-order valence-corrected chi connectivity index (χ1v) is 4.61. The first-order valence-electron chi connectivity index (χ1n) is 4.23. The van der Waals surface area contributed by atoms with Gasteiger partial charge in [-0.1, -0.05) is 25.1 Å². The molecule has 1 N–H and O–H groups in total. The molecule has 0 spiro atoms. The number of hydrogen-bond donors (Lipinski definition) is 1. The highest BCUT2D eigenvalue weighted by Gasteiger charge is 2.35. The minimum atomic E-state index is -0.223. The van der Waals surface area contributed by atoms with Gasteiger partial charge in [0.25, 0.3) is 5.91 Å². The van der Waals surface area contributed by atoms with E-state index >= 15 is 0 Å². The average Bonchev–Trinajstić information content (AvgIpc) is 2.47. The van der Waals surface area contributed by atoms with Gasteiger partial charge in [0.2, 0.25) is 0 Å². The van der Waals surface area contributed by atoms with Crippen LogP contribution in [0.25, 0.3) is 0 Å². The summed E-state index contributed by atoms with van der Waals surface area (Å²) in [5.41, 5.74) is -0.165. The summed E-state index contributed by atoms with van der Waals surface area (Å²) in [4.78, 5) is 13.0. The largest absolute Gasteiger partial charge is 0.396 e. The molecule has 74 valence electrons. The maximum absolute atomic E-state index is 11.4. The summed E-state index contributed by atoms with van der Waals surface area (Å²) in [5.74, 6) is -0.223. The standard InChI is InChI=1S/C9H14ClNO2/c1-7(10)8(13)11-4-3-9(2,5-11)6-12/h12H,1,3-6H2,2H3. The van der Waals surface area contributed by atoms with Gasteiger partial charge in [0, 0.05) is 18.5 Å². The van der Waals surface area contributed by atoms with E-state index in [1.807, 2.05) is 6.92 Å². The lowest BCUT2D eigenvalue weighted by molar-refractivity contribution is -0.125. The molecular weight excluding hydrogens is 190 g/mol. The van der Waals surface area contributed by atoms with Gasteiger partial charge in [-0.25, -0.2) is 0 Å². The van der Waals surface area contributed by atoms with Crippen LogP contribution in [-0.4, -0.2) is 35.6 Å². The molecular formula is C9H14ClNO2. The predicted molar refractivity (Wildman–Crippen MR) is 51.4 cm³/mol. The lowest BCUT2D eigenvalue weighted by Crippen LogP contribution is -2.32. The zero-order valence-electron chi connectivity index (χ0n) is 7.72. The number of hydrogen-bond acceptors (Lipinski definition) is 2. The van der Waals surface area contributed by atoms with Crippen molar-refractivity contribution in [3.05, 3.63) is 11.6 Å². The van der Waals surface area contributed by atoms with E-state index in [1.165, 1.54) is 0 Å². The lowest BCUT2D eigenvalue weighted by Gasteiger charge is -2.21. The normalized spacial score (nSPS) is 27.8. The van der Waals surface area contributed by atoms with Gasteiger partial charge in [0.05, 0.1) is 11.6 Å². The Hall–Kier alpha value is -0.540. The van der Waals surface area contributed by atoms with E-state index in [0.717, 1.165) is 6.42 Å². The second-order valence-electron chi connectivity index (χ2n) is 3.85. The van der Waals surface area contributed by atoms with Crippen LogP contribution in [0.15, 0.2) is 11.6 Å². The van der Waals surface area contributed by atoms with E-state index in [0.29, 0.717) is 13.1 Å². The van der Waals surface area contributed by atoms with Crippen LogP contribution < -0.4 is 0 Å². The maximum Gasteiger partial charge on any atom is 0.264 e. The van der Waals surface area contributed by atoms with E-state index in [-0.39, 0.29) is 23.0 Å². The van der Waals surface area contributed by atoms with Crippen LogP contribution in [0, 0.1) is 5.41 Å². The molecule has 0 radical (unpaired) electrons. The molecule has 1 unspecified atom stereocenters. The van der Waals surface area contributed by atoms with Gasteiger partial charge in [0.15, 0.2) is 0 Å². The number of aliphatic hydroxyl groups excluding tert-OH is 1. The Morgan fingerprint density at radius 3 is 2.77 bits per heavy atom. The summed E-state index contributed by atoms with van der Waals surface area (Å²) in [6.07, 6.45) is 0.819. The van der Waals surface area contributed by atoms with E-state index < -0.39 is 0 Å². The highest BCUT2D eigenvalue weighted by molar-refractivity contribution is 6.41. The molecule has 3 nitrogen and oxygen atoms in total. The second-order valence-corrected chi connectivity index (χ2v) is 4.31. The minimum Gasteiger partial charge on any atom is -0.396 e. The molecule has 1 rings (SSSR count). The molecule has 0 aromatic rings. The monoisotopic (exact) mass is 203 g/mol. The molecule has 1 fully saturated rings. The van der Waals surface area contributed by atoms with Gasteiger partial charge in [0.1, 0.15) is 0 Å². The zero-order chi connectivity index (χ0) is 10.1. The van der Waals surface area contributed by atoms with Crippen molar-refractivity contribution in [3.8, 4) is 0 Å². The first kappa shape index (κ1) is 10.5. The summed E-state index contributed by atoms with van der Waals surface area (Å²) in [7, 11) is 0. The van der Waals surface area contributed by atoms with E-state index in [1.54, 1.807) is 4.90 Å². The van der Waals surface area contributed by atoms with Crippen LogP contribution in [0.2, 0.25) is 0 Å². The number of halogens is 1. The Labute approximate surface area is 83.0 Å². The van der Waals surface area contributed by atoms with Crippen molar-refractivity contribution in [2.45, 2.75) is 13.3 Å². The van der Waals surface area contributed by atoms with Gasteiger partial charge in [-0.3, -0.25) is 4.79 Å². The molecule has 4 heteroatoms. The first-order chi connectivity index (χ1) is 5.98. The third kappa shape index (κ3) is 2.23. The van der Waals surface area contributed by atoms with Gasteiger partial charge in [-0.05, 0) is 6.42 Å². The van der Waals surface area contributed by atoms with Crippen LogP contribution in [0.4, 0.5) is 0 Å². The van der Waals surface area contributed by atoms with E-state index in [4.69, 9.17) is 16.7 Å². The molecule has 1 amide bonds. The SMILES string of the molecule is C=C(Cl)C(=O)N1CCC(C)(CO)C1. The molecule has 1 aliphatic heterocycles. The Morgan fingerprint density at radius 2 is 2.38 bits per heavy atom. The van der Waals surface area contributed by atoms with Crippen molar-refractivity contribution in [3.63, 3.8) is 0 Å². The van der Waals surface area contributed by atoms with E-state index in [9.17, 15) is 4.79 Å². The lowest BCUT2D eigenvalue weighted by atomic mass is 9.91. The summed E-state index contributed by atoms with van der Waals surface area (Å²) in [5, 5.41) is 9.11. The van der Waals surface area contributed by atoms with Crippen LogP contribution >= 0.6 is 11.6 Å². The van der Waals surface area contributed by atoms with Gasteiger partial charge in [-0.15, -0.1) is 0 Å². The highest BCUT2D eigenvalue weighted by atomic mass is 35.5. The number of likely N-dealkylation sites (tertiary alicyclic amines) is 1. The number of carbonyl (C=O) groups excluding carboxylic acids is 1. The summed E-state index contributed by atoms with van der Waals surface area (Å²) >= 11 is 5.50. The van der Waals surface area contributed by atoms with Crippen molar-refractivity contribution in [2.75, 3.05) is 19.7 Å². The fraction of sp³-hybridized carbons (Fsp3) is 0.667. The molecule has 0 aliphatic carbocycles. The molecule has 0 aromatic heterocycles. The number of aliphatic hydroxyl groups is 1. The summed E-state index contributed by atoms with van der Waals surface area (Å²) in [6.45, 7) is 6.66. The third-order valence-electron chi connectivity index (χ3n) is 2.46. The number of amides is 1. The fourth-order valence-corrected chi connectivity index (χ4v) is 1.62. The summed E-state index contributed by atoms with van der Waals surface area (Å²) < 4.78 is 0. The Bertz CT molecular complexity index is 242. The third-order valence-corrected chi connectivity index (χ3v) is 2.62. The van der Waals surface area contributed by atoms with Gasteiger partial charge in [-0.2, -0.15) is 0 Å². The quantitative estimate of drug-likeness (QED) is 0.680. The molecule has 1 aliphatic rings. The molecule has 1 atom stereocenters. The minimum absolute atomic E-state index is 0.0437. The predicted octanol–water partition coefficient (Wildman–Crippen LogP) is 0.970.